The number of likely N-dealkylation sites (N-methyl/N-ethyl adjacent to an activating group) is 1. The number of rotatable bonds is 5. The van der Waals surface area contributed by atoms with E-state index in [-0.39, 0.29) is 5.91 Å². The first-order valence-electron chi connectivity index (χ1n) is 9.96. The number of carbonyl (C=O) groups excluding carboxylic acids is 1. The van der Waals surface area contributed by atoms with Gasteiger partial charge in [0.2, 0.25) is 5.91 Å². The molecular formula is C22H31N5O. The Morgan fingerprint density at radius 2 is 1.89 bits per heavy atom. The Morgan fingerprint density at radius 3 is 2.46 bits per heavy atom. The Balaban J connectivity index is 1.64. The van der Waals surface area contributed by atoms with Crippen molar-refractivity contribution < 1.29 is 4.79 Å². The van der Waals surface area contributed by atoms with Crippen molar-refractivity contribution in [1.29, 1.82) is 0 Å². The molecule has 2 heterocycles. The van der Waals surface area contributed by atoms with E-state index in [1.54, 1.807) is 6.08 Å². The third-order valence-electron chi connectivity index (χ3n) is 5.62. The average Bonchev–Trinajstić information content (AvgIpc) is 2.93. The second kappa shape index (κ2) is 8.61. The number of nitrogens with one attached hydrogen (secondary N) is 1. The van der Waals surface area contributed by atoms with Crippen molar-refractivity contribution in [1.82, 2.24) is 14.7 Å². The lowest BCUT2D eigenvalue weighted by atomic mass is 10.1. The van der Waals surface area contributed by atoms with E-state index in [1.165, 1.54) is 5.69 Å². The van der Waals surface area contributed by atoms with Gasteiger partial charge >= 0.3 is 0 Å². The Kier molecular flexibility index (Phi) is 6.19. The summed E-state index contributed by atoms with van der Waals surface area (Å²) in [6.45, 7) is 13.6. The predicted molar refractivity (Wildman–Crippen MR) is 116 cm³/mol. The highest BCUT2D eigenvalue weighted by Crippen LogP contribution is 2.24. The summed E-state index contributed by atoms with van der Waals surface area (Å²) in [6.07, 6.45) is 3.41. The quantitative estimate of drug-likeness (QED) is 0.809. The van der Waals surface area contributed by atoms with Gasteiger partial charge in [0, 0.05) is 61.9 Å². The number of aromatic nitrogens is 2. The zero-order valence-electron chi connectivity index (χ0n) is 17.6. The van der Waals surface area contributed by atoms with Crippen LogP contribution in [-0.2, 0) is 11.8 Å². The summed E-state index contributed by atoms with van der Waals surface area (Å²) < 4.78 is 1.83. The molecule has 1 aliphatic heterocycles. The predicted octanol–water partition coefficient (Wildman–Crippen LogP) is 3.14. The van der Waals surface area contributed by atoms with Crippen LogP contribution in [0.4, 0.5) is 11.4 Å². The molecule has 2 aromatic rings. The van der Waals surface area contributed by atoms with Crippen LogP contribution in [0.5, 0.6) is 0 Å². The Bertz CT molecular complexity index is 875. The number of carbonyl (C=O) groups is 1. The molecule has 6 nitrogen and oxygen atoms in total. The molecule has 0 unspecified atom stereocenters. The molecule has 1 amide bonds. The smallest absolute Gasteiger partial charge is 0.248 e. The van der Waals surface area contributed by atoms with Crippen LogP contribution in [0.25, 0.3) is 6.08 Å². The minimum atomic E-state index is -0.130. The number of anilines is 2. The van der Waals surface area contributed by atoms with Gasteiger partial charge in [0.1, 0.15) is 0 Å². The maximum absolute atomic E-state index is 12.4. The van der Waals surface area contributed by atoms with Gasteiger partial charge < -0.3 is 15.1 Å². The molecule has 0 saturated carbocycles. The van der Waals surface area contributed by atoms with E-state index in [0.717, 1.165) is 60.9 Å². The van der Waals surface area contributed by atoms with Crippen molar-refractivity contribution in [2.45, 2.75) is 27.7 Å². The fourth-order valence-corrected chi connectivity index (χ4v) is 3.67. The number of amides is 1. The standard InChI is InChI=1S/C22H31N5O/c1-6-26-11-13-27(14-12-26)19-7-9-21(16(2)15-19)23-22(28)10-8-20-17(3)24-25(5)18(20)4/h7-10,15H,6,11-14H2,1-5H3,(H,23,28)/b10-8+. The van der Waals surface area contributed by atoms with Gasteiger partial charge in [0.05, 0.1) is 5.69 Å². The molecule has 6 heteroatoms. The lowest BCUT2D eigenvalue weighted by molar-refractivity contribution is -0.111. The van der Waals surface area contributed by atoms with Crippen molar-refractivity contribution in [3.63, 3.8) is 0 Å². The maximum atomic E-state index is 12.4. The number of aryl methyl sites for hydroxylation is 3. The van der Waals surface area contributed by atoms with E-state index in [0.29, 0.717) is 0 Å². The van der Waals surface area contributed by atoms with Crippen LogP contribution in [0.3, 0.4) is 0 Å². The Labute approximate surface area is 167 Å². The van der Waals surface area contributed by atoms with E-state index < -0.39 is 0 Å². The molecule has 1 aliphatic rings. The number of nitrogens with zero attached hydrogens (tertiary/aromatic N) is 4. The molecular weight excluding hydrogens is 350 g/mol. The van der Waals surface area contributed by atoms with E-state index >= 15 is 0 Å². The monoisotopic (exact) mass is 381 g/mol. The molecule has 0 atom stereocenters. The van der Waals surface area contributed by atoms with E-state index in [2.05, 4.69) is 39.3 Å². The lowest BCUT2D eigenvalue weighted by Crippen LogP contribution is -2.46. The van der Waals surface area contributed by atoms with E-state index in [1.807, 2.05) is 44.6 Å². The van der Waals surface area contributed by atoms with E-state index in [9.17, 15) is 4.79 Å². The third-order valence-corrected chi connectivity index (χ3v) is 5.62. The van der Waals surface area contributed by atoms with Gasteiger partial charge in [-0.1, -0.05) is 6.92 Å². The molecule has 1 N–H and O–H groups in total. The summed E-state index contributed by atoms with van der Waals surface area (Å²) in [5.74, 6) is -0.130. The minimum absolute atomic E-state index is 0.130. The highest BCUT2D eigenvalue weighted by molar-refractivity contribution is 6.02. The van der Waals surface area contributed by atoms with Gasteiger partial charge in [0.25, 0.3) is 0 Å². The number of hydrogen-bond acceptors (Lipinski definition) is 4. The first kappa shape index (κ1) is 20.1. The summed E-state index contributed by atoms with van der Waals surface area (Å²) >= 11 is 0. The summed E-state index contributed by atoms with van der Waals surface area (Å²) in [7, 11) is 1.91. The normalized spacial score (nSPS) is 15.4. The molecule has 150 valence electrons. The number of benzene rings is 1. The second-order valence-corrected chi connectivity index (χ2v) is 7.45. The van der Waals surface area contributed by atoms with Crippen molar-refractivity contribution in [2.24, 2.45) is 7.05 Å². The molecule has 0 aliphatic carbocycles. The molecule has 1 fully saturated rings. The zero-order valence-corrected chi connectivity index (χ0v) is 17.6. The van der Waals surface area contributed by atoms with Crippen LogP contribution in [-0.4, -0.2) is 53.3 Å². The second-order valence-electron chi connectivity index (χ2n) is 7.45. The molecule has 1 saturated heterocycles. The van der Waals surface area contributed by atoms with Gasteiger partial charge in [0.15, 0.2) is 0 Å². The SMILES string of the molecule is CCN1CCN(c2ccc(NC(=O)/C=C/c3c(C)nn(C)c3C)c(C)c2)CC1. The highest BCUT2D eigenvalue weighted by atomic mass is 16.1. The van der Waals surface area contributed by atoms with Crippen LogP contribution >= 0.6 is 0 Å². The summed E-state index contributed by atoms with van der Waals surface area (Å²) in [6, 6.07) is 6.27. The Morgan fingerprint density at radius 1 is 1.18 bits per heavy atom. The average molecular weight is 382 g/mol. The van der Waals surface area contributed by atoms with Gasteiger partial charge in [-0.2, -0.15) is 5.10 Å². The molecule has 0 radical (unpaired) electrons. The molecule has 1 aromatic carbocycles. The van der Waals surface area contributed by atoms with Crippen LogP contribution in [0.1, 0.15) is 29.4 Å². The largest absolute Gasteiger partial charge is 0.369 e. The molecule has 0 spiro atoms. The first-order chi connectivity index (χ1) is 13.4. The Hall–Kier alpha value is -2.60. The summed E-state index contributed by atoms with van der Waals surface area (Å²) in [5.41, 5.74) is 6.12. The number of hydrogen-bond donors (Lipinski definition) is 1. The maximum Gasteiger partial charge on any atom is 0.248 e. The molecule has 3 rings (SSSR count). The summed E-state index contributed by atoms with van der Waals surface area (Å²) in [4.78, 5) is 17.3. The summed E-state index contributed by atoms with van der Waals surface area (Å²) in [5, 5.41) is 7.37. The van der Waals surface area contributed by atoms with Crippen LogP contribution in [0, 0.1) is 20.8 Å². The minimum Gasteiger partial charge on any atom is -0.369 e. The van der Waals surface area contributed by atoms with Crippen molar-refractivity contribution >= 4 is 23.4 Å². The van der Waals surface area contributed by atoms with Crippen LogP contribution in [0.15, 0.2) is 24.3 Å². The van der Waals surface area contributed by atoms with Gasteiger partial charge in [-0.25, -0.2) is 0 Å². The fraction of sp³-hybridized carbons (Fsp3) is 0.455. The molecule has 28 heavy (non-hydrogen) atoms. The first-order valence-corrected chi connectivity index (χ1v) is 9.96. The van der Waals surface area contributed by atoms with Crippen LogP contribution in [0.2, 0.25) is 0 Å². The third kappa shape index (κ3) is 4.44. The van der Waals surface area contributed by atoms with Gasteiger partial charge in [-0.3, -0.25) is 9.48 Å². The topological polar surface area (TPSA) is 53.4 Å². The molecule has 0 bridgehead atoms. The fourth-order valence-electron chi connectivity index (χ4n) is 3.67. The van der Waals surface area contributed by atoms with Crippen molar-refractivity contribution in [3.05, 3.63) is 46.8 Å². The molecule has 1 aromatic heterocycles. The van der Waals surface area contributed by atoms with Gasteiger partial charge in [-0.05, 0) is 57.2 Å². The van der Waals surface area contributed by atoms with Crippen LogP contribution < -0.4 is 10.2 Å². The van der Waals surface area contributed by atoms with E-state index in [4.69, 9.17) is 0 Å². The zero-order chi connectivity index (χ0) is 20.3. The van der Waals surface area contributed by atoms with Gasteiger partial charge in [-0.15, -0.1) is 0 Å². The lowest BCUT2D eigenvalue weighted by Gasteiger charge is -2.35. The van der Waals surface area contributed by atoms with Crippen molar-refractivity contribution in [2.75, 3.05) is 42.9 Å². The number of piperazine rings is 1. The highest BCUT2D eigenvalue weighted by Gasteiger charge is 2.16. The van der Waals surface area contributed by atoms with Crippen molar-refractivity contribution in [3.8, 4) is 0 Å².